The minimum atomic E-state index is -0.649. The number of carbonyl (C=O) groups excluding carboxylic acids is 1. The molecule has 0 aliphatic rings. The number of hydrogen-bond acceptors (Lipinski definition) is 4. The van der Waals surface area contributed by atoms with E-state index in [9.17, 15) is 9.59 Å². The predicted molar refractivity (Wildman–Crippen MR) is 51.9 cm³/mol. The second-order valence-corrected chi connectivity index (χ2v) is 3.04. The minimum absolute atomic E-state index is 0.00278. The monoisotopic (exact) mass is 207 g/mol. The van der Waals surface area contributed by atoms with Gasteiger partial charge in [-0.1, -0.05) is 0 Å². The lowest BCUT2D eigenvalue weighted by Gasteiger charge is -2.03. The lowest BCUT2D eigenvalue weighted by Crippen LogP contribution is -2.25. The molecule has 0 aliphatic carbocycles. The summed E-state index contributed by atoms with van der Waals surface area (Å²) in [7, 11) is 1.24. The molecular formula is C9H9N3O3. The van der Waals surface area contributed by atoms with Gasteiger partial charge in [0.1, 0.15) is 5.56 Å². The summed E-state index contributed by atoms with van der Waals surface area (Å²) >= 11 is 0. The van der Waals surface area contributed by atoms with E-state index in [1.807, 2.05) is 0 Å². The van der Waals surface area contributed by atoms with Crippen LogP contribution in [0.3, 0.4) is 0 Å². The maximum Gasteiger partial charge on any atom is 0.345 e. The summed E-state index contributed by atoms with van der Waals surface area (Å²) in [5.41, 5.74) is 0.0270. The molecule has 15 heavy (non-hydrogen) atoms. The van der Waals surface area contributed by atoms with Gasteiger partial charge in [0.25, 0.3) is 5.56 Å². The van der Waals surface area contributed by atoms with Crippen molar-refractivity contribution >= 4 is 11.7 Å². The van der Waals surface area contributed by atoms with Gasteiger partial charge in [-0.15, -0.1) is 0 Å². The van der Waals surface area contributed by atoms with Crippen LogP contribution in [0, 0.1) is 6.92 Å². The zero-order chi connectivity index (χ0) is 11.0. The summed E-state index contributed by atoms with van der Waals surface area (Å²) < 4.78 is 5.79. The first kappa shape index (κ1) is 9.45. The molecule has 0 fully saturated rings. The number of methoxy groups -OCH3 is 1. The number of aromatic amines is 1. The fourth-order valence-electron chi connectivity index (χ4n) is 1.41. The smallest absolute Gasteiger partial charge is 0.345 e. The number of rotatable bonds is 1. The van der Waals surface area contributed by atoms with E-state index in [2.05, 4.69) is 14.7 Å². The first-order valence-corrected chi connectivity index (χ1v) is 4.29. The molecule has 0 amide bonds. The van der Waals surface area contributed by atoms with E-state index in [1.165, 1.54) is 23.9 Å². The number of aryl methyl sites for hydroxylation is 1. The van der Waals surface area contributed by atoms with E-state index in [0.717, 1.165) is 0 Å². The van der Waals surface area contributed by atoms with Gasteiger partial charge in [0.15, 0.2) is 0 Å². The molecule has 6 nitrogen and oxygen atoms in total. The Morgan fingerprint density at radius 2 is 2.33 bits per heavy atom. The summed E-state index contributed by atoms with van der Waals surface area (Å²) in [4.78, 5) is 29.9. The van der Waals surface area contributed by atoms with Gasteiger partial charge in [0, 0.05) is 18.1 Å². The minimum Gasteiger partial charge on any atom is -0.465 e. The molecule has 78 valence electrons. The number of ether oxygens (including phenoxy) is 1. The van der Waals surface area contributed by atoms with Crippen LogP contribution < -0.4 is 5.56 Å². The molecule has 0 saturated carbocycles. The molecule has 6 heteroatoms. The zero-order valence-corrected chi connectivity index (χ0v) is 8.27. The van der Waals surface area contributed by atoms with Gasteiger partial charge < -0.3 is 9.72 Å². The van der Waals surface area contributed by atoms with Crippen molar-refractivity contribution in [3.05, 3.63) is 34.0 Å². The maximum absolute atomic E-state index is 11.8. The second-order valence-electron chi connectivity index (χ2n) is 3.04. The molecule has 2 heterocycles. The van der Waals surface area contributed by atoms with Gasteiger partial charge in [0.2, 0.25) is 5.78 Å². The van der Waals surface area contributed by atoms with E-state index < -0.39 is 11.5 Å². The molecular weight excluding hydrogens is 198 g/mol. The third-order valence-electron chi connectivity index (χ3n) is 2.14. The molecule has 0 saturated heterocycles. The van der Waals surface area contributed by atoms with Gasteiger partial charge in [-0.2, -0.15) is 0 Å². The van der Waals surface area contributed by atoms with Crippen molar-refractivity contribution in [2.75, 3.05) is 7.11 Å². The van der Waals surface area contributed by atoms with Crippen molar-refractivity contribution in [2.45, 2.75) is 6.92 Å². The Morgan fingerprint density at radius 1 is 1.60 bits per heavy atom. The summed E-state index contributed by atoms with van der Waals surface area (Å²) in [5, 5.41) is 0. The van der Waals surface area contributed by atoms with E-state index in [0.29, 0.717) is 11.5 Å². The first-order valence-electron chi connectivity index (χ1n) is 4.29. The van der Waals surface area contributed by atoms with Crippen molar-refractivity contribution in [3.8, 4) is 0 Å². The van der Waals surface area contributed by atoms with Gasteiger partial charge in [-0.05, 0) is 6.92 Å². The van der Waals surface area contributed by atoms with Crippen molar-refractivity contribution in [1.29, 1.82) is 0 Å². The average Bonchev–Trinajstić information content (AvgIpc) is 2.65. The van der Waals surface area contributed by atoms with Crippen LogP contribution in [0.1, 0.15) is 16.1 Å². The molecule has 0 bridgehead atoms. The van der Waals surface area contributed by atoms with Gasteiger partial charge in [0.05, 0.1) is 7.11 Å². The fraction of sp³-hybridized carbons (Fsp3) is 0.222. The van der Waals surface area contributed by atoms with E-state index in [-0.39, 0.29) is 5.56 Å². The predicted octanol–water partition coefficient (Wildman–Crippen LogP) is 0.118. The van der Waals surface area contributed by atoms with Crippen molar-refractivity contribution in [2.24, 2.45) is 0 Å². The highest BCUT2D eigenvalue weighted by Crippen LogP contribution is 2.03. The fourth-order valence-corrected chi connectivity index (χ4v) is 1.41. The number of imidazole rings is 1. The van der Waals surface area contributed by atoms with Crippen LogP contribution in [-0.2, 0) is 4.74 Å². The number of carbonyl (C=O) groups is 1. The summed E-state index contributed by atoms with van der Waals surface area (Å²) in [6.07, 6.45) is 2.97. The lowest BCUT2D eigenvalue weighted by atomic mass is 10.2. The largest absolute Gasteiger partial charge is 0.465 e. The molecule has 0 atom stereocenters. The Balaban J connectivity index is 2.84. The van der Waals surface area contributed by atoms with Crippen LogP contribution in [-0.4, -0.2) is 27.4 Å². The summed E-state index contributed by atoms with van der Waals surface area (Å²) in [6, 6.07) is 0. The Labute approximate surface area is 84.5 Å². The van der Waals surface area contributed by atoms with Crippen LogP contribution in [0.2, 0.25) is 0 Å². The molecule has 2 aromatic heterocycles. The number of aromatic nitrogens is 3. The van der Waals surface area contributed by atoms with E-state index >= 15 is 0 Å². The molecule has 0 spiro atoms. The summed E-state index contributed by atoms with van der Waals surface area (Å²) in [5.74, 6) is -0.241. The van der Waals surface area contributed by atoms with Gasteiger partial charge >= 0.3 is 5.97 Å². The maximum atomic E-state index is 11.8. The topological polar surface area (TPSA) is 76.5 Å². The van der Waals surface area contributed by atoms with E-state index in [1.54, 1.807) is 6.92 Å². The standard InChI is InChI=1S/C9H9N3O3/c1-5-6(8(14)15-2)7(13)12-4-3-10-9(12)11-5/h3-4H,1-2H3,(H,10,11). The van der Waals surface area contributed by atoms with Gasteiger partial charge in [-0.3, -0.25) is 9.20 Å². The quantitative estimate of drug-likeness (QED) is 0.674. The number of fused-ring (bicyclic) bond motifs is 1. The number of H-pyrrole nitrogens is 1. The molecule has 0 radical (unpaired) electrons. The van der Waals surface area contributed by atoms with Crippen molar-refractivity contribution < 1.29 is 9.53 Å². The highest BCUT2D eigenvalue weighted by atomic mass is 16.5. The molecule has 1 N–H and O–H groups in total. The van der Waals surface area contributed by atoms with Gasteiger partial charge in [-0.25, -0.2) is 9.78 Å². The SMILES string of the molecule is COC(=O)c1c(C)[nH]c2nccn2c1=O. The van der Waals surface area contributed by atoms with Crippen molar-refractivity contribution in [1.82, 2.24) is 14.4 Å². The Kier molecular flexibility index (Phi) is 2.03. The normalized spacial score (nSPS) is 10.5. The molecule has 0 aliphatic heterocycles. The highest BCUT2D eigenvalue weighted by Gasteiger charge is 2.17. The molecule has 2 rings (SSSR count). The third-order valence-corrected chi connectivity index (χ3v) is 2.14. The zero-order valence-electron chi connectivity index (χ0n) is 8.27. The molecule has 2 aromatic rings. The molecule has 0 unspecified atom stereocenters. The van der Waals surface area contributed by atoms with E-state index in [4.69, 9.17) is 0 Å². The Bertz CT molecular complexity index is 582. The lowest BCUT2D eigenvalue weighted by molar-refractivity contribution is 0.0597. The number of hydrogen-bond donors (Lipinski definition) is 1. The second kappa shape index (κ2) is 3.23. The number of esters is 1. The number of nitrogens with one attached hydrogen (secondary N) is 1. The van der Waals surface area contributed by atoms with Crippen molar-refractivity contribution in [3.63, 3.8) is 0 Å². The summed E-state index contributed by atoms with van der Waals surface area (Å²) in [6.45, 7) is 1.63. The van der Waals surface area contributed by atoms with Crippen LogP contribution in [0.5, 0.6) is 0 Å². The highest BCUT2D eigenvalue weighted by molar-refractivity contribution is 5.90. The molecule has 0 aromatic carbocycles. The Morgan fingerprint density at radius 3 is 3.00 bits per heavy atom. The van der Waals surface area contributed by atoms with Crippen LogP contribution in [0.15, 0.2) is 17.2 Å². The Hall–Kier alpha value is -2.11. The average molecular weight is 207 g/mol. The van der Waals surface area contributed by atoms with Crippen LogP contribution >= 0.6 is 0 Å². The first-order chi connectivity index (χ1) is 7.15. The number of nitrogens with zero attached hydrogens (tertiary/aromatic N) is 2. The third kappa shape index (κ3) is 1.30. The van der Waals surface area contributed by atoms with Crippen LogP contribution in [0.4, 0.5) is 0 Å². The van der Waals surface area contributed by atoms with Crippen LogP contribution in [0.25, 0.3) is 5.78 Å².